The zero-order valence-corrected chi connectivity index (χ0v) is 14.7. The maximum atomic E-state index is 6.35. The SMILES string of the molecule is CC(C)NCc1ccccc1-c1c(Cl)cc(Cl)c(Cl)c1Cl. The van der Waals surface area contributed by atoms with Crippen molar-refractivity contribution in [3.8, 4) is 11.1 Å². The van der Waals surface area contributed by atoms with Gasteiger partial charge in [-0.15, -0.1) is 0 Å². The van der Waals surface area contributed by atoms with Gasteiger partial charge in [-0.1, -0.05) is 84.5 Å². The maximum Gasteiger partial charge on any atom is 0.0785 e. The average molecular weight is 363 g/mol. The Balaban J connectivity index is 2.55. The smallest absolute Gasteiger partial charge is 0.0785 e. The van der Waals surface area contributed by atoms with Gasteiger partial charge in [0, 0.05) is 18.2 Å². The van der Waals surface area contributed by atoms with E-state index < -0.39 is 0 Å². The van der Waals surface area contributed by atoms with Gasteiger partial charge in [0.2, 0.25) is 0 Å². The minimum absolute atomic E-state index is 0.323. The molecule has 2 aromatic carbocycles. The molecule has 0 saturated carbocycles. The molecule has 2 rings (SSSR count). The Hall–Kier alpha value is -0.440. The highest BCUT2D eigenvalue weighted by Crippen LogP contribution is 2.43. The fourth-order valence-electron chi connectivity index (χ4n) is 2.05. The van der Waals surface area contributed by atoms with Crippen molar-refractivity contribution in [2.24, 2.45) is 0 Å². The van der Waals surface area contributed by atoms with E-state index in [1.165, 1.54) is 0 Å². The second-order valence-corrected chi connectivity index (χ2v) is 6.61. The lowest BCUT2D eigenvalue weighted by atomic mass is 9.99. The Morgan fingerprint density at radius 3 is 2.29 bits per heavy atom. The summed E-state index contributed by atoms with van der Waals surface area (Å²) in [6, 6.07) is 9.97. The fourth-order valence-corrected chi connectivity index (χ4v) is 3.16. The number of nitrogens with one attached hydrogen (secondary N) is 1. The quantitative estimate of drug-likeness (QED) is 0.485. The van der Waals surface area contributed by atoms with Crippen LogP contribution in [0.2, 0.25) is 20.1 Å². The summed E-state index contributed by atoms with van der Waals surface area (Å²) in [5.74, 6) is 0. The standard InChI is InChI=1S/C16H15Cl4N/c1-9(2)21-8-10-5-3-4-6-11(10)14-12(17)7-13(18)15(19)16(14)20/h3-7,9,21H,8H2,1-2H3. The molecule has 0 unspecified atom stereocenters. The topological polar surface area (TPSA) is 12.0 Å². The number of halogens is 4. The van der Waals surface area contributed by atoms with Crippen molar-refractivity contribution in [2.45, 2.75) is 26.4 Å². The van der Waals surface area contributed by atoms with Crippen LogP contribution in [0.15, 0.2) is 30.3 Å². The van der Waals surface area contributed by atoms with Gasteiger partial charge < -0.3 is 5.32 Å². The number of hydrogen-bond acceptors (Lipinski definition) is 1. The third-order valence-corrected chi connectivity index (χ3v) is 4.66. The molecule has 0 fully saturated rings. The molecule has 2 aromatic rings. The summed E-state index contributed by atoms with van der Waals surface area (Å²) >= 11 is 24.8. The third-order valence-electron chi connectivity index (χ3n) is 3.10. The van der Waals surface area contributed by atoms with Gasteiger partial charge in [-0.3, -0.25) is 0 Å². The molecule has 0 radical (unpaired) electrons. The van der Waals surface area contributed by atoms with Crippen LogP contribution in [0.1, 0.15) is 19.4 Å². The van der Waals surface area contributed by atoms with Gasteiger partial charge in [-0.05, 0) is 17.2 Å². The summed E-state index contributed by atoms with van der Waals surface area (Å²) in [7, 11) is 0. The van der Waals surface area contributed by atoms with Gasteiger partial charge >= 0.3 is 0 Å². The molecule has 0 aliphatic heterocycles. The Morgan fingerprint density at radius 2 is 1.62 bits per heavy atom. The Labute approximate surface area is 145 Å². The molecular weight excluding hydrogens is 348 g/mol. The highest BCUT2D eigenvalue weighted by molar-refractivity contribution is 6.51. The van der Waals surface area contributed by atoms with Gasteiger partial charge in [-0.2, -0.15) is 0 Å². The van der Waals surface area contributed by atoms with E-state index >= 15 is 0 Å². The summed E-state index contributed by atoms with van der Waals surface area (Å²) in [6.07, 6.45) is 0. The van der Waals surface area contributed by atoms with Crippen LogP contribution in [-0.2, 0) is 6.54 Å². The van der Waals surface area contributed by atoms with Crippen molar-refractivity contribution in [3.05, 3.63) is 56.0 Å². The minimum Gasteiger partial charge on any atom is -0.310 e. The lowest BCUT2D eigenvalue weighted by Gasteiger charge is -2.16. The fraction of sp³-hybridized carbons (Fsp3) is 0.250. The average Bonchev–Trinajstić information content (AvgIpc) is 2.44. The molecule has 0 aliphatic rings. The van der Waals surface area contributed by atoms with Gasteiger partial charge in [-0.25, -0.2) is 0 Å². The zero-order chi connectivity index (χ0) is 15.6. The van der Waals surface area contributed by atoms with Crippen LogP contribution < -0.4 is 5.32 Å². The summed E-state index contributed by atoms with van der Waals surface area (Å²) in [5.41, 5.74) is 2.78. The molecule has 0 atom stereocenters. The van der Waals surface area contributed by atoms with Crippen LogP contribution in [-0.4, -0.2) is 6.04 Å². The molecule has 0 bridgehead atoms. The Morgan fingerprint density at radius 1 is 0.952 bits per heavy atom. The molecule has 0 saturated heterocycles. The van der Waals surface area contributed by atoms with E-state index in [0.717, 1.165) is 17.7 Å². The summed E-state index contributed by atoms with van der Waals surface area (Å²) in [5, 5.41) is 4.94. The number of rotatable bonds is 4. The summed E-state index contributed by atoms with van der Waals surface area (Å²) in [6.45, 7) is 4.92. The predicted molar refractivity (Wildman–Crippen MR) is 93.9 cm³/mol. The van der Waals surface area contributed by atoms with Crippen molar-refractivity contribution in [1.29, 1.82) is 0 Å². The van der Waals surface area contributed by atoms with E-state index in [0.29, 0.717) is 31.7 Å². The van der Waals surface area contributed by atoms with E-state index in [9.17, 15) is 0 Å². The highest BCUT2D eigenvalue weighted by atomic mass is 35.5. The maximum absolute atomic E-state index is 6.35. The van der Waals surface area contributed by atoms with Crippen LogP contribution in [0.25, 0.3) is 11.1 Å². The van der Waals surface area contributed by atoms with E-state index in [1.807, 2.05) is 24.3 Å². The monoisotopic (exact) mass is 361 g/mol. The van der Waals surface area contributed by atoms with Gasteiger partial charge in [0.15, 0.2) is 0 Å². The largest absolute Gasteiger partial charge is 0.310 e. The lowest BCUT2D eigenvalue weighted by Crippen LogP contribution is -2.22. The lowest BCUT2D eigenvalue weighted by molar-refractivity contribution is 0.589. The van der Waals surface area contributed by atoms with Crippen molar-refractivity contribution in [2.75, 3.05) is 0 Å². The first-order chi connectivity index (χ1) is 9.91. The van der Waals surface area contributed by atoms with Crippen molar-refractivity contribution in [1.82, 2.24) is 5.32 Å². The molecule has 1 nitrogen and oxygen atoms in total. The molecule has 21 heavy (non-hydrogen) atoms. The van der Waals surface area contributed by atoms with E-state index in [1.54, 1.807) is 6.07 Å². The Bertz CT molecular complexity index is 653. The van der Waals surface area contributed by atoms with E-state index in [2.05, 4.69) is 19.2 Å². The van der Waals surface area contributed by atoms with Crippen LogP contribution in [0.3, 0.4) is 0 Å². The van der Waals surface area contributed by atoms with Crippen molar-refractivity contribution >= 4 is 46.4 Å². The van der Waals surface area contributed by atoms with Crippen molar-refractivity contribution in [3.63, 3.8) is 0 Å². The first kappa shape index (κ1) is 16.9. The van der Waals surface area contributed by atoms with Gasteiger partial charge in [0.1, 0.15) is 0 Å². The second-order valence-electron chi connectivity index (χ2n) is 5.04. The molecule has 0 amide bonds. The normalized spacial score (nSPS) is 11.2. The predicted octanol–water partition coefficient (Wildman–Crippen LogP) is 6.47. The molecule has 0 spiro atoms. The van der Waals surface area contributed by atoms with Gasteiger partial charge in [0.05, 0.1) is 20.1 Å². The molecule has 0 aliphatic carbocycles. The third kappa shape index (κ3) is 3.85. The zero-order valence-electron chi connectivity index (χ0n) is 11.7. The van der Waals surface area contributed by atoms with E-state index in [-0.39, 0.29) is 0 Å². The summed E-state index contributed by atoms with van der Waals surface area (Å²) < 4.78 is 0. The van der Waals surface area contributed by atoms with Crippen molar-refractivity contribution < 1.29 is 0 Å². The van der Waals surface area contributed by atoms with Gasteiger partial charge in [0.25, 0.3) is 0 Å². The molecule has 112 valence electrons. The minimum atomic E-state index is 0.323. The molecule has 0 aromatic heterocycles. The number of hydrogen-bond donors (Lipinski definition) is 1. The van der Waals surface area contributed by atoms with Crippen LogP contribution >= 0.6 is 46.4 Å². The van der Waals surface area contributed by atoms with Crippen LogP contribution in [0.4, 0.5) is 0 Å². The molecular formula is C16H15Cl4N. The van der Waals surface area contributed by atoms with Crippen LogP contribution in [0.5, 0.6) is 0 Å². The van der Waals surface area contributed by atoms with E-state index in [4.69, 9.17) is 46.4 Å². The first-order valence-electron chi connectivity index (χ1n) is 6.56. The first-order valence-corrected chi connectivity index (χ1v) is 8.07. The molecule has 1 N–H and O–H groups in total. The Kier molecular flexibility index (Phi) is 5.81. The number of benzene rings is 2. The summed E-state index contributed by atoms with van der Waals surface area (Å²) in [4.78, 5) is 0. The second kappa shape index (κ2) is 7.21. The molecule has 0 heterocycles. The van der Waals surface area contributed by atoms with Crippen LogP contribution in [0, 0.1) is 0 Å². The highest BCUT2D eigenvalue weighted by Gasteiger charge is 2.17. The molecule has 5 heteroatoms.